The van der Waals surface area contributed by atoms with E-state index in [1.807, 2.05) is 13.1 Å². The highest BCUT2D eigenvalue weighted by Crippen LogP contribution is 2.27. The fourth-order valence-electron chi connectivity index (χ4n) is 2.63. The molecule has 0 amide bonds. The van der Waals surface area contributed by atoms with Crippen molar-refractivity contribution in [2.45, 2.75) is 51.7 Å². The maximum atomic E-state index is 6.19. The van der Waals surface area contributed by atoms with Gasteiger partial charge in [-0.1, -0.05) is 11.1 Å². The van der Waals surface area contributed by atoms with Gasteiger partial charge in [-0.2, -0.15) is 0 Å². The fourth-order valence-corrected chi connectivity index (χ4v) is 2.63. The summed E-state index contributed by atoms with van der Waals surface area (Å²) in [7, 11) is 0. The second-order valence-corrected chi connectivity index (χ2v) is 6.55. The first-order valence-electron chi connectivity index (χ1n) is 8.59. The highest BCUT2D eigenvalue weighted by molar-refractivity contribution is 5.65. The van der Waals surface area contributed by atoms with Crippen LogP contribution < -0.4 is 11.5 Å². The monoisotopic (exact) mass is 327 g/mol. The van der Waals surface area contributed by atoms with Crippen LogP contribution in [-0.4, -0.2) is 27.7 Å². The summed E-state index contributed by atoms with van der Waals surface area (Å²) < 4.78 is 7.53. The normalized spacial score (nSPS) is 22.5. The molecule has 4 N–H and O–H groups in total. The Morgan fingerprint density at radius 3 is 2.92 bits per heavy atom. The molecule has 6 nitrogen and oxygen atoms in total. The lowest BCUT2D eigenvalue weighted by Crippen LogP contribution is -2.24. The number of rotatable bonds is 4. The van der Waals surface area contributed by atoms with E-state index in [1.54, 1.807) is 10.8 Å². The van der Waals surface area contributed by atoms with E-state index in [2.05, 4.69) is 22.2 Å². The smallest absolute Gasteiger partial charge is 0.128 e. The van der Waals surface area contributed by atoms with Crippen molar-refractivity contribution in [3.05, 3.63) is 29.2 Å². The number of allylic oxidation sites excluding steroid dienone is 3. The summed E-state index contributed by atoms with van der Waals surface area (Å²) >= 11 is 0. The van der Waals surface area contributed by atoms with Gasteiger partial charge in [-0.3, -0.25) is 0 Å². The van der Waals surface area contributed by atoms with Crippen molar-refractivity contribution >= 4 is 5.70 Å². The summed E-state index contributed by atoms with van der Waals surface area (Å²) in [5.41, 5.74) is 14.7. The maximum absolute atomic E-state index is 6.19. The summed E-state index contributed by atoms with van der Waals surface area (Å²) in [4.78, 5) is 0. The molecule has 0 aromatic carbocycles. The van der Waals surface area contributed by atoms with Gasteiger partial charge in [0.2, 0.25) is 0 Å². The zero-order chi connectivity index (χ0) is 16.9. The van der Waals surface area contributed by atoms with E-state index >= 15 is 0 Å². The Kier molecular flexibility index (Phi) is 5.21. The first kappa shape index (κ1) is 16.6. The van der Waals surface area contributed by atoms with Gasteiger partial charge in [-0.05, 0) is 56.6 Å². The van der Waals surface area contributed by atoms with Crippen LogP contribution in [0.15, 0.2) is 23.5 Å². The van der Waals surface area contributed by atoms with Gasteiger partial charge in [-0.15, -0.1) is 5.10 Å². The Labute approximate surface area is 142 Å². The van der Waals surface area contributed by atoms with Crippen molar-refractivity contribution < 1.29 is 4.74 Å². The molecule has 1 unspecified atom stereocenters. The molecule has 1 saturated heterocycles. The van der Waals surface area contributed by atoms with Crippen LogP contribution in [0.4, 0.5) is 0 Å². The molecule has 0 spiro atoms. The third kappa shape index (κ3) is 4.62. The van der Waals surface area contributed by atoms with E-state index in [4.69, 9.17) is 16.2 Å². The molecule has 1 aromatic rings. The molecule has 0 radical (unpaired) electrons. The highest BCUT2D eigenvalue weighted by Gasteiger charge is 2.18. The molecule has 2 aliphatic rings. The maximum Gasteiger partial charge on any atom is 0.128 e. The number of nitrogens with two attached hydrogens (primary N) is 2. The van der Waals surface area contributed by atoms with Crippen molar-refractivity contribution in [1.29, 1.82) is 0 Å². The number of nitrogens with zero attached hydrogens (tertiary/aromatic N) is 3. The molecule has 0 bridgehead atoms. The molecule has 2 fully saturated rings. The second kappa shape index (κ2) is 7.54. The minimum Gasteiger partial charge on any atom is -0.397 e. The lowest BCUT2D eigenvalue weighted by atomic mass is 10.1. The van der Waals surface area contributed by atoms with E-state index in [9.17, 15) is 0 Å². The van der Waals surface area contributed by atoms with Crippen LogP contribution in [-0.2, 0) is 11.3 Å². The standard InChI is InChI=1S/C18H25N5O/c1-13(10-15(19)8-7-14-5-6-14)18(20)17-12-23(22-21-17)11-16-4-2-3-9-24-16/h10,12,14,16H,2-6,9,11,19-20H2,1H3/b15-10-,18-13-. The lowest BCUT2D eigenvalue weighted by molar-refractivity contribution is 0.00370. The average Bonchev–Trinajstić information content (AvgIpc) is 3.31. The number of hydrogen-bond donors (Lipinski definition) is 2. The van der Waals surface area contributed by atoms with Gasteiger partial charge in [0.05, 0.1) is 30.2 Å². The molecule has 3 rings (SSSR count). The summed E-state index contributed by atoms with van der Waals surface area (Å²) in [6, 6.07) is 0. The fraction of sp³-hybridized carbons (Fsp3) is 0.556. The van der Waals surface area contributed by atoms with Crippen molar-refractivity contribution in [2.24, 2.45) is 17.4 Å². The third-order valence-corrected chi connectivity index (χ3v) is 4.27. The quantitative estimate of drug-likeness (QED) is 0.650. The minimum absolute atomic E-state index is 0.216. The van der Waals surface area contributed by atoms with Gasteiger partial charge in [0, 0.05) is 12.5 Å². The van der Waals surface area contributed by atoms with Crippen LogP contribution in [0.2, 0.25) is 0 Å². The van der Waals surface area contributed by atoms with Gasteiger partial charge >= 0.3 is 0 Å². The van der Waals surface area contributed by atoms with Crippen molar-refractivity contribution in [2.75, 3.05) is 6.61 Å². The van der Waals surface area contributed by atoms with E-state index < -0.39 is 0 Å². The molecule has 24 heavy (non-hydrogen) atoms. The zero-order valence-electron chi connectivity index (χ0n) is 14.2. The van der Waals surface area contributed by atoms with Crippen LogP contribution in [0.1, 0.15) is 44.7 Å². The number of aromatic nitrogens is 3. The SMILES string of the molecule is CC(/C=C(\N)C#CC1CC1)=C(/N)c1cn(CC2CCCCO2)nn1. The van der Waals surface area contributed by atoms with Crippen LogP contribution in [0.3, 0.4) is 0 Å². The first-order chi connectivity index (χ1) is 11.6. The Balaban J connectivity index is 1.66. The summed E-state index contributed by atoms with van der Waals surface area (Å²) in [5.74, 6) is 6.65. The predicted molar refractivity (Wildman–Crippen MR) is 93.2 cm³/mol. The lowest BCUT2D eigenvalue weighted by Gasteiger charge is -2.21. The van der Waals surface area contributed by atoms with Gasteiger partial charge in [0.1, 0.15) is 5.69 Å². The van der Waals surface area contributed by atoms with Crippen molar-refractivity contribution in [3.63, 3.8) is 0 Å². The summed E-state index contributed by atoms with van der Waals surface area (Å²) in [6.45, 7) is 3.45. The van der Waals surface area contributed by atoms with Crippen LogP contribution >= 0.6 is 0 Å². The Hall–Kier alpha value is -2.26. The molecule has 1 aromatic heterocycles. The van der Waals surface area contributed by atoms with Gasteiger partial charge in [0.25, 0.3) is 0 Å². The van der Waals surface area contributed by atoms with E-state index in [0.717, 1.165) is 25.0 Å². The Morgan fingerprint density at radius 1 is 1.38 bits per heavy atom. The topological polar surface area (TPSA) is 92.0 Å². The Bertz CT molecular complexity index is 696. The van der Waals surface area contributed by atoms with Gasteiger partial charge in [0.15, 0.2) is 0 Å². The van der Waals surface area contributed by atoms with Crippen LogP contribution in [0, 0.1) is 17.8 Å². The van der Waals surface area contributed by atoms with Crippen LogP contribution in [0.5, 0.6) is 0 Å². The number of hydrogen-bond acceptors (Lipinski definition) is 5. The Morgan fingerprint density at radius 2 is 2.21 bits per heavy atom. The summed E-state index contributed by atoms with van der Waals surface area (Å²) in [6.07, 6.45) is 9.66. The second-order valence-electron chi connectivity index (χ2n) is 6.55. The molecule has 6 heteroatoms. The predicted octanol–water partition coefficient (Wildman–Crippen LogP) is 1.79. The minimum atomic E-state index is 0.216. The zero-order valence-corrected chi connectivity index (χ0v) is 14.2. The van der Waals surface area contributed by atoms with Crippen molar-refractivity contribution in [1.82, 2.24) is 15.0 Å². The number of ether oxygens (including phenoxy) is 1. The molecule has 2 heterocycles. The highest BCUT2D eigenvalue weighted by atomic mass is 16.5. The van der Waals surface area contributed by atoms with Gasteiger partial charge < -0.3 is 16.2 Å². The van der Waals surface area contributed by atoms with E-state index in [0.29, 0.717) is 29.6 Å². The van der Waals surface area contributed by atoms with E-state index in [1.165, 1.54) is 19.3 Å². The summed E-state index contributed by atoms with van der Waals surface area (Å²) in [5, 5.41) is 8.32. The first-order valence-corrected chi connectivity index (χ1v) is 8.59. The molecule has 1 aliphatic heterocycles. The van der Waals surface area contributed by atoms with Gasteiger partial charge in [-0.25, -0.2) is 4.68 Å². The van der Waals surface area contributed by atoms with Crippen LogP contribution in [0.25, 0.3) is 5.70 Å². The molecule has 1 atom stereocenters. The molecular weight excluding hydrogens is 302 g/mol. The van der Waals surface area contributed by atoms with E-state index in [-0.39, 0.29) is 6.10 Å². The molecule has 1 aliphatic carbocycles. The van der Waals surface area contributed by atoms with Crippen molar-refractivity contribution in [3.8, 4) is 11.8 Å². The third-order valence-electron chi connectivity index (χ3n) is 4.27. The average molecular weight is 327 g/mol. The molecule has 128 valence electrons. The molecule has 1 saturated carbocycles. The largest absolute Gasteiger partial charge is 0.397 e. The molecular formula is C18H25N5O.